The molecule has 0 aliphatic rings. The standard InChI is InChI=1S/C16H18FNO2/c1-10(12-4-3-5-14(17)6-12)18-11(2)13-7-15(19)9-16(20)8-13/h3-11,18-20H,1-2H3/t10-,11?/m0/s1. The Kier molecular flexibility index (Phi) is 4.25. The fourth-order valence-corrected chi connectivity index (χ4v) is 2.21. The van der Waals surface area contributed by atoms with E-state index in [1.54, 1.807) is 18.2 Å². The van der Waals surface area contributed by atoms with Crippen LogP contribution < -0.4 is 5.32 Å². The molecule has 2 atom stereocenters. The molecular weight excluding hydrogens is 257 g/mol. The van der Waals surface area contributed by atoms with Crippen LogP contribution in [0.4, 0.5) is 4.39 Å². The zero-order valence-corrected chi connectivity index (χ0v) is 11.5. The van der Waals surface area contributed by atoms with Crippen molar-refractivity contribution in [3.05, 3.63) is 59.4 Å². The average Bonchev–Trinajstić information content (AvgIpc) is 2.37. The van der Waals surface area contributed by atoms with Crippen molar-refractivity contribution < 1.29 is 14.6 Å². The van der Waals surface area contributed by atoms with Gasteiger partial charge in [0.1, 0.15) is 17.3 Å². The van der Waals surface area contributed by atoms with Gasteiger partial charge in [0, 0.05) is 18.2 Å². The van der Waals surface area contributed by atoms with Crippen molar-refractivity contribution in [2.75, 3.05) is 0 Å². The number of hydrogen-bond acceptors (Lipinski definition) is 3. The third kappa shape index (κ3) is 3.48. The van der Waals surface area contributed by atoms with Crippen LogP contribution >= 0.6 is 0 Å². The number of phenols is 2. The van der Waals surface area contributed by atoms with Crippen molar-refractivity contribution in [1.82, 2.24) is 5.32 Å². The second-order valence-corrected chi connectivity index (χ2v) is 4.95. The fourth-order valence-electron chi connectivity index (χ4n) is 2.21. The maximum Gasteiger partial charge on any atom is 0.123 e. The van der Waals surface area contributed by atoms with Crippen molar-refractivity contribution in [1.29, 1.82) is 0 Å². The summed E-state index contributed by atoms with van der Waals surface area (Å²) in [6, 6.07) is 10.8. The molecule has 0 amide bonds. The van der Waals surface area contributed by atoms with Crippen molar-refractivity contribution in [3.8, 4) is 11.5 Å². The van der Waals surface area contributed by atoms with Gasteiger partial charge in [-0.2, -0.15) is 0 Å². The maximum absolute atomic E-state index is 13.2. The Hall–Kier alpha value is -2.07. The Labute approximate surface area is 117 Å². The molecule has 0 saturated carbocycles. The molecule has 0 radical (unpaired) electrons. The highest BCUT2D eigenvalue weighted by molar-refractivity contribution is 5.38. The van der Waals surface area contributed by atoms with E-state index in [0.29, 0.717) is 0 Å². The monoisotopic (exact) mass is 275 g/mol. The number of nitrogens with one attached hydrogen (secondary N) is 1. The molecule has 0 bridgehead atoms. The second kappa shape index (κ2) is 5.92. The second-order valence-electron chi connectivity index (χ2n) is 4.95. The highest BCUT2D eigenvalue weighted by Crippen LogP contribution is 2.26. The van der Waals surface area contributed by atoms with Crippen LogP contribution in [0.1, 0.15) is 37.1 Å². The molecule has 3 N–H and O–H groups in total. The predicted molar refractivity (Wildman–Crippen MR) is 76.1 cm³/mol. The lowest BCUT2D eigenvalue weighted by atomic mass is 10.0. The van der Waals surface area contributed by atoms with Gasteiger partial charge in [0.05, 0.1) is 0 Å². The first-order chi connectivity index (χ1) is 9.45. The molecular formula is C16H18FNO2. The number of aromatic hydroxyl groups is 2. The smallest absolute Gasteiger partial charge is 0.123 e. The quantitative estimate of drug-likeness (QED) is 0.798. The Morgan fingerprint density at radius 2 is 1.50 bits per heavy atom. The summed E-state index contributed by atoms with van der Waals surface area (Å²) in [6.07, 6.45) is 0. The summed E-state index contributed by atoms with van der Waals surface area (Å²) in [5.41, 5.74) is 1.62. The van der Waals surface area contributed by atoms with Gasteiger partial charge in [-0.15, -0.1) is 0 Å². The molecule has 0 heterocycles. The molecule has 0 saturated heterocycles. The highest BCUT2D eigenvalue weighted by Gasteiger charge is 2.13. The van der Waals surface area contributed by atoms with Gasteiger partial charge in [-0.3, -0.25) is 0 Å². The van der Waals surface area contributed by atoms with Crippen LogP contribution in [-0.2, 0) is 0 Å². The van der Waals surface area contributed by atoms with E-state index in [9.17, 15) is 14.6 Å². The average molecular weight is 275 g/mol. The van der Waals surface area contributed by atoms with Crippen LogP contribution in [0, 0.1) is 5.82 Å². The molecule has 1 unspecified atom stereocenters. The van der Waals surface area contributed by atoms with E-state index in [4.69, 9.17) is 0 Å². The van der Waals surface area contributed by atoms with Crippen molar-refractivity contribution in [2.45, 2.75) is 25.9 Å². The third-order valence-corrected chi connectivity index (χ3v) is 3.27. The van der Waals surface area contributed by atoms with E-state index in [0.717, 1.165) is 11.1 Å². The van der Waals surface area contributed by atoms with Gasteiger partial charge in [0.2, 0.25) is 0 Å². The minimum Gasteiger partial charge on any atom is -0.508 e. The predicted octanol–water partition coefficient (Wildman–Crippen LogP) is 3.65. The Bertz CT molecular complexity index is 581. The van der Waals surface area contributed by atoms with E-state index in [2.05, 4.69) is 5.32 Å². The normalized spacial score (nSPS) is 13.9. The van der Waals surface area contributed by atoms with Crippen molar-refractivity contribution in [3.63, 3.8) is 0 Å². The molecule has 4 heteroatoms. The lowest BCUT2D eigenvalue weighted by Crippen LogP contribution is -2.22. The van der Waals surface area contributed by atoms with Gasteiger partial charge < -0.3 is 15.5 Å². The summed E-state index contributed by atoms with van der Waals surface area (Å²) in [7, 11) is 0. The Morgan fingerprint density at radius 3 is 2.10 bits per heavy atom. The molecule has 0 aliphatic carbocycles. The van der Waals surface area contributed by atoms with Crippen molar-refractivity contribution in [2.24, 2.45) is 0 Å². The molecule has 0 aliphatic heterocycles. The lowest BCUT2D eigenvalue weighted by Gasteiger charge is -2.21. The zero-order valence-electron chi connectivity index (χ0n) is 11.5. The van der Waals surface area contributed by atoms with Crippen LogP contribution in [0.5, 0.6) is 11.5 Å². The molecule has 106 valence electrons. The number of rotatable bonds is 4. The molecule has 2 rings (SSSR count). The molecule has 3 nitrogen and oxygen atoms in total. The van der Waals surface area contributed by atoms with Crippen LogP contribution in [-0.4, -0.2) is 10.2 Å². The first-order valence-corrected chi connectivity index (χ1v) is 6.50. The topological polar surface area (TPSA) is 52.5 Å². The highest BCUT2D eigenvalue weighted by atomic mass is 19.1. The summed E-state index contributed by atoms with van der Waals surface area (Å²) < 4.78 is 13.2. The number of halogens is 1. The Morgan fingerprint density at radius 1 is 0.900 bits per heavy atom. The van der Waals surface area contributed by atoms with Gasteiger partial charge in [-0.05, 0) is 49.2 Å². The van der Waals surface area contributed by atoms with E-state index in [1.165, 1.54) is 18.2 Å². The van der Waals surface area contributed by atoms with Crippen LogP contribution in [0.3, 0.4) is 0 Å². The minimum absolute atomic E-state index is 0.0204. The molecule has 0 aromatic heterocycles. The van der Waals surface area contributed by atoms with Gasteiger partial charge in [0.25, 0.3) is 0 Å². The maximum atomic E-state index is 13.2. The Balaban J connectivity index is 2.12. The number of phenolic OH excluding ortho intramolecular Hbond substituents is 2. The van der Waals surface area contributed by atoms with Crippen LogP contribution in [0.25, 0.3) is 0 Å². The first kappa shape index (κ1) is 14.3. The summed E-state index contributed by atoms with van der Waals surface area (Å²) >= 11 is 0. The van der Waals surface area contributed by atoms with Gasteiger partial charge in [0.15, 0.2) is 0 Å². The summed E-state index contributed by atoms with van der Waals surface area (Å²) in [4.78, 5) is 0. The van der Waals surface area contributed by atoms with Gasteiger partial charge in [-0.1, -0.05) is 12.1 Å². The summed E-state index contributed by atoms with van der Waals surface area (Å²) in [5, 5.41) is 22.3. The molecule has 0 spiro atoms. The summed E-state index contributed by atoms with van der Waals surface area (Å²) in [6.45, 7) is 3.86. The minimum atomic E-state index is -0.265. The molecule has 2 aromatic rings. The van der Waals surface area contributed by atoms with Gasteiger partial charge >= 0.3 is 0 Å². The lowest BCUT2D eigenvalue weighted by molar-refractivity contribution is 0.442. The molecule has 2 aromatic carbocycles. The van der Waals surface area contributed by atoms with E-state index < -0.39 is 0 Å². The summed E-state index contributed by atoms with van der Waals surface area (Å²) in [5.74, 6) is -0.224. The largest absolute Gasteiger partial charge is 0.508 e. The molecule has 0 fully saturated rings. The SMILES string of the molecule is CC(N[C@@H](C)c1cccc(F)c1)c1cc(O)cc(O)c1. The fraction of sp³-hybridized carbons (Fsp3) is 0.250. The van der Waals surface area contributed by atoms with Crippen molar-refractivity contribution >= 4 is 0 Å². The van der Waals surface area contributed by atoms with Gasteiger partial charge in [-0.25, -0.2) is 4.39 Å². The number of hydrogen-bond donors (Lipinski definition) is 3. The van der Waals surface area contributed by atoms with E-state index in [-0.39, 0.29) is 29.4 Å². The van der Waals surface area contributed by atoms with E-state index in [1.807, 2.05) is 19.9 Å². The van der Waals surface area contributed by atoms with E-state index >= 15 is 0 Å². The third-order valence-electron chi connectivity index (χ3n) is 3.27. The molecule has 20 heavy (non-hydrogen) atoms. The zero-order chi connectivity index (χ0) is 14.7. The first-order valence-electron chi connectivity index (χ1n) is 6.50. The number of benzene rings is 2. The van der Waals surface area contributed by atoms with Crippen LogP contribution in [0.2, 0.25) is 0 Å². The van der Waals surface area contributed by atoms with Crippen LogP contribution in [0.15, 0.2) is 42.5 Å².